The third kappa shape index (κ3) is 20.9. The topological polar surface area (TPSA) is 418 Å². The molecule has 2 aliphatic heterocycles. The van der Waals surface area contributed by atoms with Crippen molar-refractivity contribution in [2.75, 3.05) is 101 Å². The molecule has 4 atom stereocenters. The number of imide groups is 1. The molecule has 540 valence electrons. The van der Waals surface area contributed by atoms with Crippen LogP contribution < -0.4 is 47.7 Å². The number of rotatable bonds is 36. The van der Waals surface area contributed by atoms with E-state index in [0.717, 1.165) is 40.0 Å². The van der Waals surface area contributed by atoms with Gasteiger partial charge in [-0.15, -0.1) is 16.7 Å². The van der Waals surface area contributed by atoms with Gasteiger partial charge in [0.1, 0.15) is 42.6 Å². The van der Waals surface area contributed by atoms with Crippen LogP contribution in [0.4, 0.5) is 36.4 Å². The van der Waals surface area contributed by atoms with Crippen LogP contribution in [0.2, 0.25) is 0 Å². The zero-order valence-electron chi connectivity index (χ0n) is 57.0. The number of H-pyrrole nitrogens is 1. The molecular formula is C68H85ClN16O16. The van der Waals surface area contributed by atoms with E-state index in [1.165, 1.54) is 23.0 Å². The average Bonchev–Trinajstić information content (AvgIpc) is 1.62. The van der Waals surface area contributed by atoms with Crippen LogP contribution >= 0.6 is 11.6 Å². The van der Waals surface area contributed by atoms with Gasteiger partial charge >= 0.3 is 24.3 Å². The van der Waals surface area contributed by atoms with E-state index in [4.69, 9.17) is 46.8 Å². The maximum Gasteiger partial charge on any atom is 0.415 e. The number of amides is 12. The minimum absolute atomic E-state index is 0.00590. The van der Waals surface area contributed by atoms with Gasteiger partial charge in [-0.1, -0.05) is 56.3 Å². The highest BCUT2D eigenvalue weighted by atomic mass is 35.5. The third-order valence-electron chi connectivity index (χ3n) is 16.6. The first-order valence-electron chi connectivity index (χ1n) is 33.1. The lowest BCUT2D eigenvalue weighted by atomic mass is 9.92. The van der Waals surface area contributed by atoms with E-state index in [1.54, 1.807) is 78.2 Å². The van der Waals surface area contributed by atoms with Crippen LogP contribution in [-0.2, 0) is 49.5 Å². The number of ether oxygens (including phenoxy) is 5. The molecule has 0 fully saturated rings. The molecule has 101 heavy (non-hydrogen) atoms. The Balaban J connectivity index is 0.869. The Morgan fingerprint density at radius 2 is 1.57 bits per heavy atom. The lowest BCUT2D eigenvalue weighted by Crippen LogP contribution is -2.54. The van der Waals surface area contributed by atoms with E-state index >= 15 is 0 Å². The maximum absolute atomic E-state index is 14.7. The van der Waals surface area contributed by atoms with Crippen LogP contribution in [0.15, 0.2) is 85.2 Å². The molecular weight excluding hydrogens is 1330 g/mol. The van der Waals surface area contributed by atoms with Gasteiger partial charge in [0.15, 0.2) is 5.69 Å². The van der Waals surface area contributed by atoms with Gasteiger partial charge in [0.2, 0.25) is 17.7 Å². The number of aryl methyl sites for hydroxylation is 1. The van der Waals surface area contributed by atoms with Gasteiger partial charge in [-0.25, -0.2) is 28.8 Å². The molecule has 12 amide bonds. The third-order valence-corrected chi connectivity index (χ3v) is 17.0. The number of hydrogen-bond donors (Lipinski definition) is 8. The molecule has 3 aromatic heterocycles. The summed E-state index contributed by atoms with van der Waals surface area (Å²) < 4.78 is 29.6. The summed E-state index contributed by atoms with van der Waals surface area (Å²) in [6, 6.07) is 13.6. The molecule has 0 spiro atoms. The number of carbonyl (C=O) groups is 11. The fourth-order valence-corrected chi connectivity index (χ4v) is 11.4. The summed E-state index contributed by atoms with van der Waals surface area (Å²) in [7, 11) is 1.48. The normalized spacial score (nSPS) is 14.1. The van der Waals surface area contributed by atoms with Crippen molar-refractivity contribution in [2.24, 2.45) is 17.4 Å². The molecule has 0 radical (unpaired) electrons. The number of likely N-dealkylation sites (N-methyl/N-ethyl adjacent to an activating group) is 1. The standard InChI is InChI=1S/C68H85ClN16O16/c1-7-27-97-28-21-42(5)85-38-51(79-80-85)62(90)77-55-33-44-32-49(75-50(44)36-73-55)64(92)84-37-45(35-69)59-52(84)34-53(47-12-8-11-41(4)58(47)59)101-68(96)82(23-10-14-54(70)86)25-24-81(6)67(95)100-39-43-15-17-46(18-16-43)74-61(89)48(13-9-22-72-65(71)93)76-63(91)60(40(2)3)78-66(94)99-31-30-98-29-26-83-56(87)19-20-57(83)88/h8,11-12,15-20,32-34,36,38,40,42,45,48,60,75H,7,9-10,13-14,21-31,35,37,39H2,1-6H3,(H2,70,86)(H,74,89)(H,76,91)(H,78,94)(H3,71,72,93)(H,73,77,90)/t42?,45-,48+,60+/m1/s1. The molecule has 32 nitrogen and oxygen atoms in total. The largest absolute Gasteiger partial charge is 0.447 e. The maximum atomic E-state index is 14.7. The number of carbonyl (C=O) groups excluding carboxylic acids is 11. The number of nitrogens with two attached hydrogens (primary N) is 2. The van der Waals surface area contributed by atoms with Gasteiger partial charge in [0.25, 0.3) is 23.6 Å². The molecule has 0 saturated heterocycles. The highest BCUT2D eigenvalue weighted by molar-refractivity contribution is 6.20. The number of alkyl halides is 1. The summed E-state index contributed by atoms with van der Waals surface area (Å²) in [6.07, 6.45) is 4.83. The van der Waals surface area contributed by atoms with Crippen molar-refractivity contribution in [1.82, 2.24) is 55.6 Å². The van der Waals surface area contributed by atoms with Crippen molar-refractivity contribution < 1.29 is 76.4 Å². The lowest BCUT2D eigenvalue weighted by molar-refractivity contribution is -0.137. The Bertz CT molecular complexity index is 4010. The number of benzene rings is 3. The highest BCUT2D eigenvalue weighted by Gasteiger charge is 2.37. The lowest BCUT2D eigenvalue weighted by Gasteiger charge is -2.26. The van der Waals surface area contributed by atoms with E-state index in [9.17, 15) is 52.7 Å². The number of alkyl carbamates (subject to hydrolysis) is 1. The molecule has 3 aromatic carbocycles. The zero-order valence-corrected chi connectivity index (χ0v) is 57.8. The first-order valence-corrected chi connectivity index (χ1v) is 33.6. The van der Waals surface area contributed by atoms with Crippen LogP contribution in [0.1, 0.15) is 116 Å². The second kappa shape index (κ2) is 36.4. The number of nitrogens with one attached hydrogen (secondary N) is 6. The fourth-order valence-electron chi connectivity index (χ4n) is 11.1. The van der Waals surface area contributed by atoms with E-state index in [-0.39, 0.29) is 132 Å². The van der Waals surface area contributed by atoms with Gasteiger partial charge in [-0.05, 0) is 98.2 Å². The van der Waals surface area contributed by atoms with Crippen LogP contribution in [0, 0.1) is 12.8 Å². The van der Waals surface area contributed by atoms with Gasteiger partial charge in [0.05, 0.1) is 49.4 Å². The Hall–Kier alpha value is -10.7. The van der Waals surface area contributed by atoms with E-state index in [2.05, 4.69) is 46.9 Å². The number of anilines is 3. The second-order valence-electron chi connectivity index (χ2n) is 24.6. The molecule has 2 aliphatic rings. The minimum atomic E-state index is -1.17. The quantitative estimate of drug-likeness (QED) is 0.0125. The first kappa shape index (κ1) is 76.0. The smallest absolute Gasteiger partial charge is 0.415 e. The highest BCUT2D eigenvalue weighted by Crippen LogP contribution is 2.47. The van der Waals surface area contributed by atoms with E-state index < -0.39 is 83.7 Å². The number of primary amides is 2. The summed E-state index contributed by atoms with van der Waals surface area (Å²) in [5, 5.41) is 23.2. The number of hydrogen-bond acceptors (Lipinski definition) is 19. The first-order chi connectivity index (χ1) is 48.4. The van der Waals surface area contributed by atoms with Crippen molar-refractivity contribution in [3.63, 3.8) is 0 Å². The number of aromatic amines is 1. The molecule has 1 unspecified atom stereocenters. The predicted molar refractivity (Wildman–Crippen MR) is 371 cm³/mol. The average molecular weight is 1420 g/mol. The van der Waals surface area contributed by atoms with Crippen LogP contribution in [0.3, 0.4) is 0 Å². The molecule has 8 rings (SSSR count). The van der Waals surface area contributed by atoms with Crippen molar-refractivity contribution >= 4 is 116 Å². The molecule has 0 saturated carbocycles. The Labute approximate surface area is 586 Å². The number of nitrogens with zero attached hydrogens (tertiary/aromatic N) is 8. The molecule has 33 heteroatoms. The summed E-state index contributed by atoms with van der Waals surface area (Å²) in [5.74, 6) is -4.07. The van der Waals surface area contributed by atoms with Crippen molar-refractivity contribution in [1.29, 1.82) is 0 Å². The van der Waals surface area contributed by atoms with E-state index in [0.29, 0.717) is 52.9 Å². The molecule has 5 heterocycles. The number of pyridine rings is 1. The van der Waals surface area contributed by atoms with E-state index in [1.807, 2.05) is 32.9 Å². The van der Waals surface area contributed by atoms with Crippen LogP contribution in [0.5, 0.6) is 5.75 Å². The number of fused-ring (bicyclic) bond motifs is 4. The summed E-state index contributed by atoms with van der Waals surface area (Å²) in [4.78, 5) is 156. The van der Waals surface area contributed by atoms with Crippen LogP contribution in [-0.4, -0.2) is 203 Å². The molecule has 0 bridgehead atoms. The van der Waals surface area contributed by atoms with Crippen molar-refractivity contribution in [3.8, 4) is 5.75 Å². The Kier molecular flexibility index (Phi) is 27.4. The van der Waals surface area contributed by atoms with Crippen molar-refractivity contribution in [2.45, 2.75) is 104 Å². The zero-order chi connectivity index (χ0) is 72.9. The Morgan fingerprint density at radius 1 is 0.822 bits per heavy atom. The van der Waals surface area contributed by atoms with Gasteiger partial charge < -0.3 is 81.4 Å². The van der Waals surface area contributed by atoms with Crippen molar-refractivity contribution in [3.05, 3.63) is 113 Å². The molecule has 0 aliphatic carbocycles. The molecule has 10 N–H and O–H groups in total. The second-order valence-corrected chi connectivity index (χ2v) is 24.9. The van der Waals surface area contributed by atoms with Gasteiger partial charge in [0, 0.05) is 106 Å². The SMILES string of the molecule is CCCOCCC(C)n1cc(C(=O)Nc2cc3cc(C(=O)N4C[C@@H](CCl)c5c4cc(OC(=O)N(CCCC(N)=O)CCN(C)C(=O)OCc4ccc(NC(=O)[C@H](CCCNC(N)=O)NC(=O)[C@@H](NC(=O)OCCOCCN6C(=O)C=CC6=O)C(C)C)cc4)c4cccc(C)c54)[nH]c3cn2)nn1. The summed E-state index contributed by atoms with van der Waals surface area (Å²) in [5.41, 5.74) is 14.5. The van der Waals surface area contributed by atoms with Gasteiger partial charge in [-0.3, -0.25) is 38.5 Å². The van der Waals surface area contributed by atoms with Crippen LogP contribution in [0.25, 0.3) is 21.7 Å². The Morgan fingerprint density at radius 3 is 2.29 bits per heavy atom. The van der Waals surface area contributed by atoms with Gasteiger partial charge in [-0.2, -0.15) is 0 Å². The fraction of sp³-hybridized carbons (Fsp3) is 0.441. The minimum Gasteiger partial charge on any atom is -0.447 e. The predicted octanol–water partition coefficient (Wildman–Crippen LogP) is 6.13. The number of urea groups is 1. The number of halogens is 1. The molecule has 6 aromatic rings. The summed E-state index contributed by atoms with van der Waals surface area (Å²) >= 11 is 6.68. The number of aromatic nitrogens is 5. The monoisotopic (exact) mass is 1420 g/mol. The summed E-state index contributed by atoms with van der Waals surface area (Å²) in [6.45, 7) is 10.1.